The molecule has 0 saturated heterocycles. The van der Waals surface area contributed by atoms with Crippen LogP contribution in [-0.2, 0) is 17.2 Å². The maximum absolute atomic E-state index is 12.7. The molecule has 0 spiro atoms. The third-order valence-corrected chi connectivity index (χ3v) is 6.82. The molecular formula is C16H25NO2S. The van der Waals surface area contributed by atoms with Crippen molar-refractivity contribution in [3.05, 3.63) is 29.3 Å². The maximum Gasteiger partial charge on any atom is 0.119 e. The summed E-state index contributed by atoms with van der Waals surface area (Å²) >= 11 is 0. The number of fused-ring (bicyclic) bond motifs is 1. The Labute approximate surface area is 124 Å². The van der Waals surface area contributed by atoms with Crippen molar-refractivity contribution in [1.29, 1.82) is 0 Å². The molecule has 0 aromatic heterocycles. The van der Waals surface area contributed by atoms with E-state index in [1.807, 2.05) is 12.1 Å². The van der Waals surface area contributed by atoms with Crippen LogP contribution in [0.4, 0.5) is 0 Å². The molecule has 1 aromatic rings. The van der Waals surface area contributed by atoms with Crippen LogP contribution in [0.2, 0.25) is 0 Å². The molecule has 0 amide bonds. The third-order valence-electron chi connectivity index (χ3n) is 4.41. The quantitative estimate of drug-likeness (QED) is 0.929. The highest BCUT2D eigenvalue weighted by Gasteiger charge is 2.34. The highest BCUT2D eigenvalue weighted by molar-refractivity contribution is 7.86. The van der Waals surface area contributed by atoms with Crippen molar-refractivity contribution >= 4 is 10.8 Å². The van der Waals surface area contributed by atoms with E-state index in [0.717, 1.165) is 24.2 Å². The van der Waals surface area contributed by atoms with Gasteiger partial charge in [0, 0.05) is 22.1 Å². The van der Waals surface area contributed by atoms with E-state index in [2.05, 4.69) is 26.8 Å². The predicted molar refractivity (Wildman–Crippen MR) is 84.5 cm³/mol. The second-order valence-electron chi connectivity index (χ2n) is 5.95. The van der Waals surface area contributed by atoms with E-state index in [0.29, 0.717) is 5.92 Å². The van der Waals surface area contributed by atoms with Gasteiger partial charge in [-0.15, -0.1) is 0 Å². The summed E-state index contributed by atoms with van der Waals surface area (Å²) < 4.78 is 18.0. The van der Waals surface area contributed by atoms with Crippen molar-refractivity contribution in [2.75, 3.05) is 7.11 Å². The SMILES string of the molecule is COc1ccc2c(c1)C(N)C(S(=O)C(C)C(C)C)CC2. The van der Waals surface area contributed by atoms with Crippen LogP contribution >= 0.6 is 0 Å². The van der Waals surface area contributed by atoms with Crippen LogP contribution in [-0.4, -0.2) is 21.8 Å². The zero-order chi connectivity index (χ0) is 14.9. The summed E-state index contributed by atoms with van der Waals surface area (Å²) in [6, 6.07) is 5.90. The first kappa shape index (κ1) is 15.5. The molecule has 0 aliphatic heterocycles. The molecule has 0 bridgehead atoms. The summed E-state index contributed by atoms with van der Waals surface area (Å²) in [5, 5.41) is 0.227. The molecule has 20 heavy (non-hydrogen) atoms. The van der Waals surface area contributed by atoms with Gasteiger partial charge in [0.15, 0.2) is 0 Å². The number of hydrogen-bond acceptors (Lipinski definition) is 3. The molecule has 1 aliphatic carbocycles. The Balaban J connectivity index is 2.26. The fourth-order valence-corrected chi connectivity index (χ4v) is 4.59. The number of ether oxygens (including phenoxy) is 1. The van der Waals surface area contributed by atoms with Gasteiger partial charge in [-0.2, -0.15) is 0 Å². The summed E-state index contributed by atoms with van der Waals surface area (Å²) in [7, 11) is 0.766. The first-order valence-electron chi connectivity index (χ1n) is 7.27. The monoisotopic (exact) mass is 295 g/mol. The lowest BCUT2D eigenvalue weighted by Crippen LogP contribution is -2.39. The molecule has 4 atom stereocenters. The molecule has 0 heterocycles. The van der Waals surface area contributed by atoms with Crippen LogP contribution in [0.25, 0.3) is 0 Å². The minimum absolute atomic E-state index is 0.0482. The zero-order valence-corrected chi connectivity index (χ0v) is 13.6. The lowest BCUT2D eigenvalue weighted by atomic mass is 9.87. The fraction of sp³-hybridized carbons (Fsp3) is 0.625. The number of rotatable bonds is 4. The van der Waals surface area contributed by atoms with E-state index in [1.54, 1.807) is 7.11 Å². The molecule has 112 valence electrons. The second-order valence-corrected chi connectivity index (χ2v) is 7.95. The Morgan fingerprint density at radius 2 is 2.05 bits per heavy atom. The first-order chi connectivity index (χ1) is 9.45. The first-order valence-corrected chi connectivity index (χ1v) is 8.55. The average Bonchev–Trinajstić information content (AvgIpc) is 2.45. The lowest BCUT2D eigenvalue weighted by molar-refractivity contribution is 0.412. The van der Waals surface area contributed by atoms with E-state index in [9.17, 15) is 4.21 Å². The maximum atomic E-state index is 12.7. The fourth-order valence-electron chi connectivity index (χ4n) is 2.72. The summed E-state index contributed by atoms with van der Waals surface area (Å²) in [5.41, 5.74) is 8.77. The van der Waals surface area contributed by atoms with Gasteiger partial charge in [-0.1, -0.05) is 26.8 Å². The standard InChI is InChI=1S/C16H25NO2S/c1-10(2)11(3)20(18)15-8-6-12-5-7-13(19-4)9-14(12)16(15)17/h5,7,9-11,15-16H,6,8,17H2,1-4H3. The number of nitrogens with two attached hydrogens (primary N) is 1. The van der Waals surface area contributed by atoms with Crippen LogP contribution in [0, 0.1) is 5.92 Å². The van der Waals surface area contributed by atoms with E-state index < -0.39 is 10.8 Å². The van der Waals surface area contributed by atoms with Crippen LogP contribution < -0.4 is 10.5 Å². The van der Waals surface area contributed by atoms with Crippen molar-refractivity contribution in [2.24, 2.45) is 11.7 Å². The molecule has 1 aromatic carbocycles. The zero-order valence-electron chi connectivity index (χ0n) is 12.8. The Morgan fingerprint density at radius 1 is 1.35 bits per heavy atom. The van der Waals surface area contributed by atoms with Gasteiger partial charge in [-0.05, 0) is 42.0 Å². The van der Waals surface area contributed by atoms with Crippen LogP contribution in [0.1, 0.15) is 44.4 Å². The Bertz CT molecular complexity index is 501. The number of benzene rings is 1. The van der Waals surface area contributed by atoms with Gasteiger partial charge in [-0.3, -0.25) is 4.21 Å². The Hall–Kier alpha value is -0.870. The largest absolute Gasteiger partial charge is 0.497 e. The molecule has 2 rings (SSSR count). The lowest BCUT2D eigenvalue weighted by Gasteiger charge is -2.33. The molecule has 4 heteroatoms. The van der Waals surface area contributed by atoms with Gasteiger partial charge in [-0.25, -0.2) is 0 Å². The Kier molecular flexibility index (Phi) is 4.86. The topological polar surface area (TPSA) is 52.3 Å². The summed E-state index contributed by atoms with van der Waals surface area (Å²) in [6.45, 7) is 6.30. The highest BCUT2D eigenvalue weighted by atomic mass is 32.2. The van der Waals surface area contributed by atoms with Crippen molar-refractivity contribution < 1.29 is 8.95 Å². The van der Waals surface area contributed by atoms with Gasteiger partial charge in [0.2, 0.25) is 0 Å². The molecular weight excluding hydrogens is 270 g/mol. The summed E-state index contributed by atoms with van der Waals surface area (Å²) in [4.78, 5) is 0. The van der Waals surface area contributed by atoms with E-state index >= 15 is 0 Å². The van der Waals surface area contributed by atoms with E-state index in [4.69, 9.17) is 10.5 Å². The predicted octanol–water partition coefficient (Wildman–Crippen LogP) is 2.80. The Morgan fingerprint density at radius 3 is 2.65 bits per heavy atom. The van der Waals surface area contributed by atoms with Gasteiger partial charge in [0.25, 0.3) is 0 Å². The molecule has 1 aliphatic rings. The number of aryl methyl sites for hydroxylation is 1. The molecule has 0 radical (unpaired) electrons. The van der Waals surface area contributed by atoms with Crippen molar-refractivity contribution in [1.82, 2.24) is 0 Å². The average molecular weight is 295 g/mol. The van der Waals surface area contributed by atoms with E-state index in [1.165, 1.54) is 5.56 Å². The van der Waals surface area contributed by atoms with Gasteiger partial charge in [0.1, 0.15) is 5.75 Å². The summed E-state index contributed by atoms with van der Waals surface area (Å²) in [5.74, 6) is 1.23. The smallest absolute Gasteiger partial charge is 0.119 e. The molecule has 0 fully saturated rings. The summed E-state index contributed by atoms with van der Waals surface area (Å²) in [6.07, 6.45) is 1.86. The number of hydrogen-bond donors (Lipinski definition) is 1. The van der Waals surface area contributed by atoms with Gasteiger partial charge < -0.3 is 10.5 Å². The molecule has 0 saturated carbocycles. The second kappa shape index (κ2) is 6.27. The minimum atomic E-state index is -0.893. The number of methoxy groups -OCH3 is 1. The van der Waals surface area contributed by atoms with E-state index in [-0.39, 0.29) is 16.5 Å². The van der Waals surface area contributed by atoms with Crippen LogP contribution in [0.3, 0.4) is 0 Å². The molecule has 2 N–H and O–H groups in total. The van der Waals surface area contributed by atoms with Crippen molar-refractivity contribution in [3.8, 4) is 5.75 Å². The van der Waals surface area contributed by atoms with Crippen molar-refractivity contribution in [2.45, 2.75) is 50.2 Å². The third kappa shape index (κ3) is 2.91. The van der Waals surface area contributed by atoms with Crippen LogP contribution in [0.5, 0.6) is 5.75 Å². The highest BCUT2D eigenvalue weighted by Crippen LogP contribution is 2.35. The normalized spacial score (nSPS) is 25.1. The molecule has 4 unspecified atom stereocenters. The minimum Gasteiger partial charge on any atom is -0.497 e. The molecule has 3 nitrogen and oxygen atoms in total. The van der Waals surface area contributed by atoms with Gasteiger partial charge in [0.05, 0.1) is 12.4 Å². The van der Waals surface area contributed by atoms with Crippen LogP contribution in [0.15, 0.2) is 18.2 Å². The van der Waals surface area contributed by atoms with Gasteiger partial charge >= 0.3 is 0 Å². The van der Waals surface area contributed by atoms with Crippen molar-refractivity contribution in [3.63, 3.8) is 0 Å².